The van der Waals surface area contributed by atoms with Crippen molar-refractivity contribution in [2.24, 2.45) is 0 Å². The summed E-state index contributed by atoms with van der Waals surface area (Å²) in [5, 5.41) is 3.24. The Bertz CT molecular complexity index is 926. The van der Waals surface area contributed by atoms with E-state index in [0.29, 0.717) is 48.8 Å². The molecule has 2 aromatic rings. The molecule has 0 unspecified atom stereocenters. The summed E-state index contributed by atoms with van der Waals surface area (Å²) in [7, 11) is -3.17. The van der Waals surface area contributed by atoms with Gasteiger partial charge in [0.15, 0.2) is 0 Å². The first-order valence-corrected chi connectivity index (χ1v) is 11.7. The van der Waals surface area contributed by atoms with Crippen molar-refractivity contribution in [2.75, 3.05) is 25.9 Å². The van der Waals surface area contributed by atoms with Crippen LogP contribution in [0.1, 0.15) is 29.6 Å². The van der Waals surface area contributed by atoms with Gasteiger partial charge in [-0.15, -0.1) is 0 Å². The Hall–Kier alpha value is -2.10. The quantitative estimate of drug-likeness (QED) is 0.635. The number of ether oxygens (including phenoxy) is 1. The average Bonchev–Trinajstić information content (AvgIpc) is 3.20. The average molecular weight is 441 g/mol. The molecule has 3 rings (SSSR count). The molecule has 10 heteroatoms. The molecule has 0 atom stereocenters. The van der Waals surface area contributed by atoms with Gasteiger partial charge in [-0.25, -0.2) is 17.7 Å². The second kappa shape index (κ2) is 9.60. The second-order valence-corrected chi connectivity index (χ2v) is 9.42. The molecular weight excluding hydrogens is 416 g/mol. The lowest BCUT2D eigenvalue weighted by atomic mass is 10.1. The number of rotatable bonds is 8. The van der Waals surface area contributed by atoms with E-state index in [9.17, 15) is 13.2 Å². The normalized spacial score (nSPS) is 15.9. The van der Waals surface area contributed by atoms with Gasteiger partial charge in [-0.3, -0.25) is 4.79 Å². The van der Waals surface area contributed by atoms with E-state index < -0.39 is 10.0 Å². The molecule has 8 nitrogen and oxygen atoms in total. The Morgan fingerprint density at radius 3 is 2.72 bits per heavy atom. The highest BCUT2D eigenvalue weighted by atomic mass is 35.5. The summed E-state index contributed by atoms with van der Waals surface area (Å²) in [6.45, 7) is 2.19. The molecule has 2 heterocycles. The van der Waals surface area contributed by atoms with Gasteiger partial charge in [-0.05, 0) is 37.5 Å². The van der Waals surface area contributed by atoms with Crippen molar-refractivity contribution in [3.8, 4) is 5.75 Å². The molecule has 1 aliphatic rings. The SMILES string of the molecule is CS(=O)(=O)N1CCC(Oc2ccc(C(=O)NCCCn3ccnc3)cc2Cl)CC1. The van der Waals surface area contributed by atoms with E-state index >= 15 is 0 Å². The monoisotopic (exact) mass is 440 g/mol. The van der Waals surface area contributed by atoms with Gasteiger partial charge in [0.2, 0.25) is 10.0 Å². The number of sulfonamides is 1. The van der Waals surface area contributed by atoms with Gasteiger partial charge in [0.1, 0.15) is 11.9 Å². The molecule has 1 aliphatic heterocycles. The third-order valence-corrected chi connectivity index (χ3v) is 6.39. The number of nitrogens with zero attached hydrogens (tertiary/aromatic N) is 3. The van der Waals surface area contributed by atoms with Crippen molar-refractivity contribution in [3.05, 3.63) is 47.5 Å². The predicted molar refractivity (Wildman–Crippen MR) is 111 cm³/mol. The molecule has 1 aromatic heterocycles. The summed E-state index contributed by atoms with van der Waals surface area (Å²) < 4.78 is 32.5. The minimum Gasteiger partial charge on any atom is -0.489 e. The van der Waals surface area contributed by atoms with Crippen LogP contribution in [-0.2, 0) is 16.6 Å². The maximum Gasteiger partial charge on any atom is 0.251 e. The third-order valence-electron chi connectivity index (χ3n) is 4.80. The minimum absolute atomic E-state index is 0.103. The Balaban J connectivity index is 1.47. The van der Waals surface area contributed by atoms with E-state index in [0.717, 1.165) is 13.0 Å². The predicted octanol–water partition coefficient (Wildman–Crippen LogP) is 2.16. The summed E-state index contributed by atoms with van der Waals surface area (Å²) in [6.07, 6.45) is 8.45. The highest BCUT2D eigenvalue weighted by Crippen LogP contribution is 2.28. The van der Waals surface area contributed by atoms with Crippen molar-refractivity contribution in [1.82, 2.24) is 19.2 Å². The third kappa shape index (κ3) is 6.19. The van der Waals surface area contributed by atoms with Crippen LogP contribution in [0.2, 0.25) is 5.02 Å². The fraction of sp³-hybridized carbons (Fsp3) is 0.474. The van der Waals surface area contributed by atoms with Crippen LogP contribution in [0.15, 0.2) is 36.9 Å². The molecule has 0 spiro atoms. The molecule has 0 radical (unpaired) electrons. The number of carbonyl (C=O) groups is 1. The van der Waals surface area contributed by atoms with Crippen LogP contribution < -0.4 is 10.1 Å². The zero-order chi connectivity index (χ0) is 20.9. The first kappa shape index (κ1) is 21.6. The van der Waals surface area contributed by atoms with E-state index in [1.54, 1.807) is 30.7 Å². The number of benzene rings is 1. The number of aromatic nitrogens is 2. The van der Waals surface area contributed by atoms with Crippen molar-refractivity contribution >= 4 is 27.5 Å². The minimum atomic E-state index is -3.17. The number of aryl methyl sites for hydroxylation is 1. The van der Waals surface area contributed by atoms with Gasteiger partial charge in [0, 0.05) is 44.1 Å². The standard InChI is InChI=1S/C19H25ClN4O4S/c1-29(26,27)24-10-5-16(6-11-24)28-18-4-3-15(13-17(18)20)19(25)22-7-2-9-23-12-8-21-14-23/h3-4,8,12-14,16H,2,5-7,9-11H2,1H3,(H,22,25). The van der Waals surface area contributed by atoms with Crippen molar-refractivity contribution in [2.45, 2.75) is 31.9 Å². The second-order valence-electron chi connectivity index (χ2n) is 7.03. The Kier molecular flexibility index (Phi) is 7.15. The van der Waals surface area contributed by atoms with E-state index in [1.807, 2.05) is 10.8 Å². The lowest BCUT2D eigenvalue weighted by Gasteiger charge is -2.30. The zero-order valence-electron chi connectivity index (χ0n) is 16.3. The maximum absolute atomic E-state index is 12.3. The number of hydrogen-bond donors (Lipinski definition) is 1. The van der Waals surface area contributed by atoms with Crippen LogP contribution in [0.25, 0.3) is 0 Å². The highest BCUT2D eigenvalue weighted by Gasteiger charge is 2.26. The van der Waals surface area contributed by atoms with Gasteiger partial charge in [-0.1, -0.05) is 11.6 Å². The van der Waals surface area contributed by atoms with Gasteiger partial charge in [-0.2, -0.15) is 0 Å². The Morgan fingerprint density at radius 2 is 2.10 bits per heavy atom. The number of carbonyl (C=O) groups excluding carboxylic acids is 1. The highest BCUT2D eigenvalue weighted by molar-refractivity contribution is 7.88. The molecule has 0 bridgehead atoms. The molecule has 1 fully saturated rings. The summed E-state index contributed by atoms with van der Waals surface area (Å²) in [6, 6.07) is 4.96. The number of hydrogen-bond acceptors (Lipinski definition) is 5. The largest absolute Gasteiger partial charge is 0.489 e. The van der Waals surface area contributed by atoms with Crippen molar-refractivity contribution < 1.29 is 17.9 Å². The number of piperidine rings is 1. The molecule has 1 amide bonds. The maximum atomic E-state index is 12.3. The first-order valence-electron chi connectivity index (χ1n) is 9.48. The van der Waals surface area contributed by atoms with E-state index in [1.165, 1.54) is 10.6 Å². The first-order chi connectivity index (χ1) is 13.8. The fourth-order valence-corrected chi connectivity index (χ4v) is 4.28. The number of imidazole rings is 1. The van der Waals surface area contributed by atoms with Gasteiger partial charge in [0.25, 0.3) is 5.91 Å². The summed E-state index contributed by atoms with van der Waals surface area (Å²) in [4.78, 5) is 16.3. The van der Waals surface area contributed by atoms with Crippen LogP contribution in [0, 0.1) is 0 Å². The van der Waals surface area contributed by atoms with E-state index in [-0.39, 0.29) is 12.0 Å². The van der Waals surface area contributed by atoms with Gasteiger partial charge >= 0.3 is 0 Å². The fourth-order valence-electron chi connectivity index (χ4n) is 3.18. The number of nitrogens with one attached hydrogen (secondary N) is 1. The Morgan fingerprint density at radius 1 is 1.34 bits per heavy atom. The van der Waals surface area contributed by atoms with Crippen LogP contribution in [0.3, 0.4) is 0 Å². The summed E-state index contributed by atoms with van der Waals surface area (Å²) in [5.41, 5.74) is 0.469. The molecular formula is C19H25ClN4O4S. The Labute approximate surface area is 175 Å². The lowest BCUT2D eigenvalue weighted by Crippen LogP contribution is -2.41. The molecule has 29 heavy (non-hydrogen) atoms. The zero-order valence-corrected chi connectivity index (χ0v) is 17.8. The van der Waals surface area contributed by atoms with Crippen LogP contribution in [0.4, 0.5) is 0 Å². The molecule has 0 saturated carbocycles. The van der Waals surface area contributed by atoms with Crippen LogP contribution >= 0.6 is 11.6 Å². The number of amides is 1. The van der Waals surface area contributed by atoms with Gasteiger partial charge < -0.3 is 14.6 Å². The molecule has 0 aliphatic carbocycles. The summed E-state index contributed by atoms with van der Waals surface area (Å²) >= 11 is 6.30. The summed E-state index contributed by atoms with van der Waals surface area (Å²) in [5.74, 6) is 0.312. The van der Waals surface area contributed by atoms with Crippen LogP contribution in [-0.4, -0.2) is 60.2 Å². The van der Waals surface area contributed by atoms with E-state index in [4.69, 9.17) is 16.3 Å². The molecule has 1 aromatic carbocycles. The lowest BCUT2D eigenvalue weighted by molar-refractivity contribution is 0.0952. The topological polar surface area (TPSA) is 93.5 Å². The molecule has 1 N–H and O–H groups in total. The van der Waals surface area contributed by atoms with Crippen molar-refractivity contribution in [3.63, 3.8) is 0 Å². The van der Waals surface area contributed by atoms with Gasteiger partial charge in [0.05, 0.1) is 17.6 Å². The van der Waals surface area contributed by atoms with Crippen LogP contribution in [0.5, 0.6) is 5.75 Å². The molecule has 1 saturated heterocycles. The molecule has 158 valence electrons. The van der Waals surface area contributed by atoms with Crippen molar-refractivity contribution in [1.29, 1.82) is 0 Å². The smallest absolute Gasteiger partial charge is 0.251 e. The number of halogens is 1. The van der Waals surface area contributed by atoms with E-state index in [2.05, 4.69) is 10.3 Å².